The number of nitrogens with zero attached hydrogens (tertiary/aromatic N) is 3. The number of aromatic nitrogens is 2. The van der Waals surface area contributed by atoms with Gasteiger partial charge < -0.3 is 0 Å². The highest BCUT2D eigenvalue weighted by Crippen LogP contribution is 2.14. The third-order valence-electron chi connectivity index (χ3n) is 2.26. The Morgan fingerprint density at radius 1 is 1.27 bits per heavy atom. The summed E-state index contributed by atoms with van der Waals surface area (Å²) in [6, 6.07) is 10.3. The Morgan fingerprint density at radius 3 is 2.67 bits per heavy atom. The standard InChI is InChI=1S/C12H15N3/c1-2-9-15(14-10-8-13-11-14)12-6-4-3-5-7-12/h3-8,10-11H,2,9H2,1H3. The fraction of sp³-hybridized carbons (Fsp3) is 0.250. The fourth-order valence-corrected chi connectivity index (χ4v) is 1.58. The molecule has 0 fully saturated rings. The highest BCUT2D eigenvalue weighted by atomic mass is 15.5. The molecule has 0 aliphatic carbocycles. The van der Waals surface area contributed by atoms with E-state index in [1.165, 1.54) is 5.69 Å². The molecular formula is C12H15N3. The lowest BCUT2D eigenvalue weighted by Gasteiger charge is -2.24. The second-order valence-corrected chi connectivity index (χ2v) is 3.40. The SMILES string of the molecule is CCCN(c1ccccc1)n1ccnc1. The Labute approximate surface area is 90.0 Å². The van der Waals surface area contributed by atoms with Crippen molar-refractivity contribution in [3.63, 3.8) is 0 Å². The van der Waals surface area contributed by atoms with Crippen molar-refractivity contribution >= 4 is 5.69 Å². The van der Waals surface area contributed by atoms with Crippen molar-refractivity contribution in [3.8, 4) is 0 Å². The minimum Gasteiger partial charge on any atom is -0.280 e. The van der Waals surface area contributed by atoms with E-state index in [0.717, 1.165) is 13.0 Å². The van der Waals surface area contributed by atoms with Gasteiger partial charge in [-0.3, -0.25) is 5.01 Å². The minimum absolute atomic E-state index is 0.986. The van der Waals surface area contributed by atoms with Crippen molar-refractivity contribution in [1.29, 1.82) is 0 Å². The third kappa shape index (κ3) is 2.18. The van der Waals surface area contributed by atoms with Crippen LogP contribution in [0.4, 0.5) is 5.69 Å². The molecule has 3 heteroatoms. The van der Waals surface area contributed by atoms with Crippen LogP contribution in [-0.4, -0.2) is 16.2 Å². The van der Waals surface area contributed by atoms with Crippen LogP contribution in [0.15, 0.2) is 49.1 Å². The van der Waals surface area contributed by atoms with Crippen LogP contribution < -0.4 is 5.01 Å². The van der Waals surface area contributed by atoms with Gasteiger partial charge in [0.25, 0.3) is 0 Å². The summed E-state index contributed by atoms with van der Waals surface area (Å²) < 4.78 is 2.01. The number of para-hydroxylation sites is 1. The van der Waals surface area contributed by atoms with E-state index in [-0.39, 0.29) is 0 Å². The maximum Gasteiger partial charge on any atom is 0.114 e. The van der Waals surface area contributed by atoms with Gasteiger partial charge in [0, 0.05) is 18.9 Å². The third-order valence-corrected chi connectivity index (χ3v) is 2.26. The summed E-state index contributed by atoms with van der Waals surface area (Å²) in [4.78, 5) is 4.07. The fourth-order valence-electron chi connectivity index (χ4n) is 1.58. The van der Waals surface area contributed by atoms with Gasteiger partial charge in [0.2, 0.25) is 0 Å². The number of imidazole rings is 1. The van der Waals surface area contributed by atoms with E-state index in [0.29, 0.717) is 0 Å². The van der Waals surface area contributed by atoms with Gasteiger partial charge >= 0.3 is 0 Å². The molecule has 1 aromatic carbocycles. The van der Waals surface area contributed by atoms with Gasteiger partial charge in [-0.2, -0.15) is 0 Å². The molecule has 0 unspecified atom stereocenters. The monoisotopic (exact) mass is 201 g/mol. The number of hydrogen-bond acceptors (Lipinski definition) is 2. The Kier molecular flexibility index (Phi) is 3.02. The molecule has 3 nitrogen and oxygen atoms in total. The van der Waals surface area contributed by atoms with E-state index < -0.39 is 0 Å². The van der Waals surface area contributed by atoms with Crippen molar-refractivity contribution in [2.45, 2.75) is 13.3 Å². The summed E-state index contributed by atoms with van der Waals surface area (Å²) in [5, 5.41) is 2.20. The predicted octanol–water partition coefficient (Wildman–Crippen LogP) is 2.56. The summed E-state index contributed by atoms with van der Waals surface area (Å²) in [6.07, 6.45) is 6.68. The van der Waals surface area contributed by atoms with Gasteiger partial charge in [-0.1, -0.05) is 25.1 Å². The lowest BCUT2D eigenvalue weighted by atomic mass is 10.3. The molecule has 15 heavy (non-hydrogen) atoms. The van der Waals surface area contributed by atoms with Crippen molar-refractivity contribution in [3.05, 3.63) is 49.1 Å². The molecule has 0 N–H and O–H groups in total. The molecule has 2 aromatic rings. The first-order valence-electron chi connectivity index (χ1n) is 5.22. The lowest BCUT2D eigenvalue weighted by Crippen LogP contribution is -2.28. The molecule has 78 valence electrons. The van der Waals surface area contributed by atoms with Crippen molar-refractivity contribution < 1.29 is 0 Å². The quantitative estimate of drug-likeness (QED) is 0.758. The van der Waals surface area contributed by atoms with Crippen LogP contribution in [0.3, 0.4) is 0 Å². The summed E-state index contributed by atoms with van der Waals surface area (Å²) in [6.45, 7) is 3.16. The van der Waals surface area contributed by atoms with Crippen LogP contribution in [0.25, 0.3) is 0 Å². The molecule has 0 aliphatic rings. The number of hydrogen-bond donors (Lipinski definition) is 0. The zero-order valence-electron chi connectivity index (χ0n) is 8.87. The molecule has 0 atom stereocenters. The zero-order valence-corrected chi connectivity index (χ0v) is 8.87. The average Bonchev–Trinajstić information content (AvgIpc) is 2.80. The second-order valence-electron chi connectivity index (χ2n) is 3.40. The van der Waals surface area contributed by atoms with Crippen LogP contribution in [0.2, 0.25) is 0 Å². The van der Waals surface area contributed by atoms with E-state index >= 15 is 0 Å². The van der Waals surface area contributed by atoms with Crippen molar-refractivity contribution in [1.82, 2.24) is 9.66 Å². The van der Waals surface area contributed by atoms with E-state index in [9.17, 15) is 0 Å². The van der Waals surface area contributed by atoms with Gasteiger partial charge in [-0.15, -0.1) is 0 Å². The summed E-state index contributed by atoms with van der Waals surface area (Å²) >= 11 is 0. The zero-order chi connectivity index (χ0) is 10.5. The molecule has 0 radical (unpaired) electrons. The Balaban J connectivity index is 2.28. The van der Waals surface area contributed by atoms with Crippen LogP contribution in [0.1, 0.15) is 13.3 Å². The highest BCUT2D eigenvalue weighted by molar-refractivity contribution is 5.45. The second kappa shape index (κ2) is 4.64. The summed E-state index contributed by atoms with van der Waals surface area (Å²) in [5.41, 5.74) is 1.19. The molecule has 0 aliphatic heterocycles. The van der Waals surface area contributed by atoms with Gasteiger partial charge in [-0.25, -0.2) is 9.66 Å². The van der Waals surface area contributed by atoms with Gasteiger partial charge in [0.05, 0.1) is 5.69 Å². The lowest BCUT2D eigenvalue weighted by molar-refractivity contribution is 0.675. The maximum atomic E-state index is 4.07. The van der Waals surface area contributed by atoms with Gasteiger partial charge in [-0.05, 0) is 18.6 Å². The number of anilines is 1. The van der Waals surface area contributed by atoms with E-state index in [2.05, 4.69) is 41.2 Å². The smallest absolute Gasteiger partial charge is 0.114 e. The molecular weight excluding hydrogens is 186 g/mol. The Bertz CT molecular complexity index is 381. The first-order valence-corrected chi connectivity index (χ1v) is 5.22. The molecule has 0 saturated carbocycles. The highest BCUT2D eigenvalue weighted by Gasteiger charge is 2.05. The van der Waals surface area contributed by atoms with Gasteiger partial charge in [0.1, 0.15) is 6.33 Å². The van der Waals surface area contributed by atoms with Gasteiger partial charge in [0.15, 0.2) is 0 Å². The molecule has 1 heterocycles. The normalized spacial score (nSPS) is 10.2. The Morgan fingerprint density at radius 2 is 2.07 bits per heavy atom. The molecule has 0 bridgehead atoms. The molecule has 0 spiro atoms. The van der Waals surface area contributed by atoms with Crippen molar-refractivity contribution in [2.75, 3.05) is 11.6 Å². The largest absolute Gasteiger partial charge is 0.280 e. The first kappa shape index (κ1) is 9.77. The molecule has 2 rings (SSSR count). The average molecular weight is 201 g/mol. The topological polar surface area (TPSA) is 21.1 Å². The Hall–Kier alpha value is -1.77. The summed E-state index contributed by atoms with van der Waals surface area (Å²) in [5.74, 6) is 0. The number of benzene rings is 1. The first-order chi connectivity index (χ1) is 7.42. The maximum absolute atomic E-state index is 4.07. The van der Waals surface area contributed by atoms with E-state index in [1.807, 2.05) is 23.3 Å². The van der Waals surface area contributed by atoms with Crippen LogP contribution >= 0.6 is 0 Å². The van der Waals surface area contributed by atoms with Crippen LogP contribution in [-0.2, 0) is 0 Å². The minimum atomic E-state index is 0.986. The number of rotatable bonds is 4. The molecule has 0 amide bonds. The predicted molar refractivity (Wildman–Crippen MR) is 61.7 cm³/mol. The van der Waals surface area contributed by atoms with E-state index in [1.54, 1.807) is 6.20 Å². The van der Waals surface area contributed by atoms with Crippen molar-refractivity contribution in [2.24, 2.45) is 0 Å². The van der Waals surface area contributed by atoms with E-state index in [4.69, 9.17) is 0 Å². The van der Waals surface area contributed by atoms with Crippen LogP contribution in [0, 0.1) is 0 Å². The van der Waals surface area contributed by atoms with Crippen LogP contribution in [0.5, 0.6) is 0 Å². The molecule has 1 aromatic heterocycles. The molecule has 0 saturated heterocycles. The summed E-state index contributed by atoms with van der Waals surface area (Å²) in [7, 11) is 0.